The van der Waals surface area contributed by atoms with Crippen molar-refractivity contribution in [3.8, 4) is 0 Å². The van der Waals surface area contributed by atoms with Gasteiger partial charge in [-0.15, -0.1) is 11.3 Å². The molecule has 0 fully saturated rings. The van der Waals surface area contributed by atoms with Gasteiger partial charge in [-0.3, -0.25) is 0 Å². The van der Waals surface area contributed by atoms with E-state index in [1.807, 2.05) is 18.4 Å². The Morgan fingerprint density at radius 2 is 2.22 bits per heavy atom. The summed E-state index contributed by atoms with van der Waals surface area (Å²) in [5, 5.41) is 5.29. The van der Waals surface area contributed by atoms with E-state index >= 15 is 0 Å². The number of thiophene rings is 1. The third-order valence-corrected chi connectivity index (χ3v) is 4.30. The van der Waals surface area contributed by atoms with Crippen molar-refractivity contribution in [3.63, 3.8) is 0 Å². The molecule has 1 nitrogen and oxygen atoms in total. The smallest absolute Gasteiger partial charge is 0.127 e. The van der Waals surface area contributed by atoms with Gasteiger partial charge >= 0.3 is 0 Å². The van der Waals surface area contributed by atoms with E-state index in [0.717, 1.165) is 14.4 Å². The molecule has 1 aromatic carbocycles. The number of hydrogen-bond donors (Lipinski definition) is 1. The van der Waals surface area contributed by atoms with Crippen LogP contribution in [0.5, 0.6) is 0 Å². The second kappa shape index (κ2) is 6.15. The Labute approximate surface area is 123 Å². The van der Waals surface area contributed by atoms with Crippen LogP contribution in [-0.4, -0.2) is 0 Å². The number of hydrogen-bond acceptors (Lipinski definition) is 2. The fourth-order valence-electron chi connectivity index (χ4n) is 1.61. The Bertz CT molecular complexity index is 544. The van der Waals surface area contributed by atoms with E-state index in [-0.39, 0.29) is 11.9 Å². The van der Waals surface area contributed by atoms with Crippen molar-refractivity contribution in [3.05, 3.63) is 55.4 Å². The molecule has 1 aromatic heterocycles. The van der Waals surface area contributed by atoms with Crippen LogP contribution in [0.15, 0.2) is 34.1 Å². The van der Waals surface area contributed by atoms with E-state index in [2.05, 4.69) is 21.2 Å². The third-order valence-electron chi connectivity index (χ3n) is 2.69. The summed E-state index contributed by atoms with van der Waals surface area (Å²) in [5.41, 5.74) is 1.78. The fraction of sp³-hybridized carbons (Fsp3) is 0.231. The number of rotatable bonds is 4. The molecule has 0 amide bonds. The molecular weight excluding hydrogens is 337 g/mol. The zero-order valence-corrected chi connectivity index (χ0v) is 12.9. The van der Waals surface area contributed by atoms with Crippen molar-refractivity contribution >= 4 is 38.9 Å². The van der Waals surface area contributed by atoms with E-state index < -0.39 is 0 Å². The van der Waals surface area contributed by atoms with Crippen molar-refractivity contribution in [1.29, 1.82) is 0 Å². The molecule has 96 valence electrons. The summed E-state index contributed by atoms with van der Waals surface area (Å²) in [5.74, 6) is -0.193. The zero-order valence-electron chi connectivity index (χ0n) is 9.71. The topological polar surface area (TPSA) is 12.0 Å². The van der Waals surface area contributed by atoms with Crippen LogP contribution < -0.4 is 5.32 Å². The Kier molecular flexibility index (Phi) is 4.78. The average molecular weight is 349 g/mol. The minimum absolute atomic E-state index is 0.145. The van der Waals surface area contributed by atoms with Crippen molar-refractivity contribution in [1.82, 2.24) is 5.32 Å². The Balaban J connectivity index is 2.01. The van der Waals surface area contributed by atoms with Gasteiger partial charge in [0.2, 0.25) is 0 Å². The van der Waals surface area contributed by atoms with Crippen LogP contribution in [0.4, 0.5) is 4.39 Å². The van der Waals surface area contributed by atoms with Crippen LogP contribution in [0.1, 0.15) is 24.1 Å². The molecule has 0 saturated carbocycles. The molecule has 0 bridgehead atoms. The maximum atomic E-state index is 13.5. The van der Waals surface area contributed by atoms with Crippen LogP contribution >= 0.6 is 38.9 Å². The molecule has 0 spiro atoms. The first-order chi connectivity index (χ1) is 8.56. The van der Waals surface area contributed by atoms with Crippen molar-refractivity contribution in [2.75, 3.05) is 0 Å². The summed E-state index contributed by atoms with van der Waals surface area (Å²) in [6.45, 7) is 2.52. The summed E-state index contributed by atoms with van der Waals surface area (Å²) >= 11 is 10.7. The average Bonchev–Trinajstić information content (AvgIpc) is 2.77. The molecule has 2 aromatic rings. The number of halogens is 3. The second-order valence-corrected chi connectivity index (χ2v) is 6.48. The summed E-state index contributed by atoms with van der Waals surface area (Å²) in [6, 6.07) is 7.03. The van der Waals surface area contributed by atoms with E-state index in [0.29, 0.717) is 12.1 Å². The molecule has 1 unspecified atom stereocenters. The lowest BCUT2D eigenvalue weighted by molar-refractivity contribution is 0.545. The highest BCUT2D eigenvalue weighted by Crippen LogP contribution is 2.25. The van der Waals surface area contributed by atoms with Crippen LogP contribution in [-0.2, 0) is 6.54 Å². The van der Waals surface area contributed by atoms with Crippen molar-refractivity contribution < 1.29 is 4.39 Å². The first-order valence-corrected chi connectivity index (χ1v) is 7.52. The van der Waals surface area contributed by atoms with Gasteiger partial charge in [-0.2, -0.15) is 0 Å². The first-order valence-electron chi connectivity index (χ1n) is 5.47. The number of nitrogens with one attached hydrogen (secondary N) is 1. The van der Waals surface area contributed by atoms with Gasteiger partial charge in [-0.1, -0.05) is 27.5 Å². The molecule has 2 rings (SSSR count). The Hall–Kier alpha value is -0.420. The quantitative estimate of drug-likeness (QED) is 0.805. The monoisotopic (exact) mass is 347 g/mol. The molecular formula is C13H12BrClFNS. The van der Waals surface area contributed by atoms with Gasteiger partial charge in [-0.25, -0.2) is 4.39 Å². The molecule has 0 aliphatic rings. The van der Waals surface area contributed by atoms with Gasteiger partial charge in [0.15, 0.2) is 0 Å². The lowest BCUT2D eigenvalue weighted by Crippen LogP contribution is -2.18. The summed E-state index contributed by atoms with van der Waals surface area (Å²) in [7, 11) is 0. The summed E-state index contributed by atoms with van der Waals surface area (Å²) in [4.78, 5) is 0. The predicted molar refractivity (Wildman–Crippen MR) is 78.7 cm³/mol. The molecule has 1 atom stereocenters. The summed E-state index contributed by atoms with van der Waals surface area (Å²) in [6.07, 6.45) is 0. The highest BCUT2D eigenvalue weighted by Gasteiger charge is 2.09. The lowest BCUT2D eigenvalue weighted by Gasteiger charge is -2.13. The molecule has 0 radical (unpaired) electrons. The first kappa shape index (κ1) is 14.0. The fourth-order valence-corrected chi connectivity index (χ4v) is 3.00. The second-order valence-electron chi connectivity index (χ2n) is 4.02. The standard InChI is InChI=1S/C13H12BrClFNS/c1-8(10-5-13(15)18-7-10)17-6-9-4-11(14)2-3-12(9)16/h2-5,7-8,17H,6H2,1H3. The van der Waals surface area contributed by atoms with Crippen LogP contribution in [0.2, 0.25) is 4.34 Å². The summed E-state index contributed by atoms with van der Waals surface area (Å²) < 4.78 is 15.2. The van der Waals surface area contributed by atoms with E-state index in [9.17, 15) is 4.39 Å². The molecule has 0 aliphatic heterocycles. The predicted octanol–water partition coefficient (Wildman–Crippen LogP) is 5.15. The van der Waals surface area contributed by atoms with Crippen LogP contribution in [0.3, 0.4) is 0 Å². The van der Waals surface area contributed by atoms with Gasteiger partial charge in [0.05, 0.1) is 4.34 Å². The molecule has 0 aliphatic carbocycles. The highest BCUT2D eigenvalue weighted by molar-refractivity contribution is 9.10. The van der Waals surface area contributed by atoms with Crippen molar-refractivity contribution in [2.45, 2.75) is 19.5 Å². The van der Waals surface area contributed by atoms with E-state index in [1.54, 1.807) is 12.1 Å². The van der Waals surface area contributed by atoms with E-state index in [4.69, 9.17) is 11.6 Å². The maximum absolute atomic E-state index is 13.5. The van der Waals surface area contributed by atoms with Gasteiger partial charge in [0.1, 0.15) is 5.82 Å². The van der Waals surface area contributed by atoms with Crippen LogP contribution in [0.25, 0.3) is 0 Å². The van der Waals surface area contributed by atoms with Gasteiger partial charge in [-0.05, 0) is 42.1 Å². The Morgan fingerprint density at radius 1 is 1.44 bits per heavy atom. The van der Waals surface area contributed by atoms with E-state index in [1.165, 1.54) is 17.4 Å². The third kappa shape index (κ3) is 3.54. The largest absolute Gasteiger partial charge is 0.306 e. The van der Waals surface area contributed by atoms with Crippen molar-refractivity contribution in [2.24, 2.45) is 0 Å². The molecule has 18 heavy (non-hydrogen) atoms. The normalized spacial score (nSPS) is 12.7. The number of benzene rings is 1. The van der Waals surface area contributed by atoms with Gasteiger partial charge in [0.25, 0.3) is 0 Å². The van der Waals surface area contributed by atoms with Gasteiger partial charge in [0, 0.05) is 22.6 Å². The maximum Gasteiger partial charge on any atom is 0.127 e. The van der Waals surface area contributed by atoms with Gasteiger partial charge < -0.3 is 5.32 Å². The molecule has 0 saturated heterocycles. The minimum atomic E-state index is -0.193. The lowest BCUT2D eigenvalue weighted by atomic mass is 10.1. The SMILES string of the molecule is CC(NCc1cc(Br)ccc1F)c1csc(Cl)c1. The molecule has 1 heterocycles. The molecule has 5 heteroatoms. The molecule has 1 N–H and O–H groups in total. The Morgan fingerprint density at radius 3 is 2.89 bits per heavy atom. The zero-order chi connectivity index (χ0) is 13.1. The van der Waals surface area contributed by atoms with Crippen LogP contribution in [0, 0.1) is 5.82 Å². The highest BCUT2D eigenvalue weighted by atomic mass is 79.9. The minimum Gasteiger partial charge on any atom is -0.306 e.